The zero-order valence-corrected chi connectivity index (χ0v) is 10.4. The van der Waals surface area contributed by atoms with E-state index in [-0.39, 0.29) is 0 Å². The predicted octanol–water partition coefficient (Wildman–Crippen LogP) is 3.35. The van der Waals surface area contributed by atoms with Crippen molar-refractivity contribution in [2.45, 2.75) is 63.8 Å². The predicted molar refractivity (Wildman–Crippen MR) is 69.2 cm³/mol. The molecule has 0 aromatic rings. The van der Waals surface area contributed by atoms with Crippen molar-refractivity contribution < 1.29 is 0 Å². The van der Waals surface area contributed by atoms with Crippen molar-refractivity contribution in [1.29, 1.82) is 0 Å². The zero-order valence-electron chi connectivity index (χ0n) is 10.4. The average molecular weight is 219 g/mol. The van der Waals surface area contributed by atoms with E-state index in [0.29, 0.717) is 0 Å². The molecule has 0 bridgehead atoms. The van der Waals surface area contributed by atoms with E-state index in [1.165, 1.54) is 57.9 Å². The molecule has 0 aliphatic heterocycles. The molecule has 0 heterocycles. The Morgan fingerprint density at radius 2 is 1.75 bits per heavy atom. The quantitative estimate of drug-likeness (QED) is 0.552. The number of hydrogen-bond acceptors (Lipinski definition) is 1. The van der Waals surface area contributed by atoms with E-state index in [4.69, 9.17) is 6.42 Å². The molecule has 2 unspecified atom stereocenters. The third-order valence-electron chi connectivity index (χ3n) is 4.22. The molecule has 2 atom stereocenters. The van der Waals surface area contributed by atoms with E-state index < -0.39 is 0 Å². The molecule has 1 heteroatoms. The molecule has 90 valence electrons. The van der Waals surface area contributed by atoms with Crippen molar-refractivity contribution in [2.75, 3.05) is 6.54 Å². The van der Waals surface area contributed by atoms with Crippen LogP contribution in [0.5, 0.6) is 0 Å². The summed E-state index contributed by atoms with van der Waals surface area (Å²) in [6.07, 6.45) is 17.6. The third-order valence-corrected chi connectivity index (χ3v) is 4.22. The van der Waals surface area contributed by atoms with Crippen molar-refractivity contribution in [1.82, 2.24) is 5.32 Å². The van der Waals surface area contributed by atoms with Crippen LogP contribution >= 0.6 is 0 Å². The van der Waals surface area contributed by atoms with Crippen LogP contribution in [0, 0.1) is 24.2 Å². The van der Waals surface area contributed by atoms with Gasteiger partial charge in [0.2, 0.25) is 0 Å². The van der Waals surface area contributed by atoms with E-state index >= 15 is 0 Å². The Labute approximate surface area is 100 Å². The first-order valence-corrected chi connectivity index (χ1v) is 7.07. The van der Waals surface area contributed by atoms with Gasteiger partial charge < -0.3 is 5.32 Å². The molecule has 2 saturated carbocycles. The van der Waals surface area contributed by atoms with Crippen molar-refractivity contribution in [2.24, 2.45) is 11.8 Å². The fraction of sp³-hybridized carbons (Fsp3) is 0.867. The topological polar surface area (TPSA) is 12.0 Å². The van der Waals surface area contributed by atoms with Crippen molar-refractivity contribution >= 4 is 0 Å². The normalized spacial score (nSPS) is 30.7. The Kier molecular flexibility index (Phi) is 4.72. The summed E-state index contributed by atoms with van der Waals surface area (Å²) in [6.45, 7) is 1.25. The van der Waals surface area contributed by atoms with Gasteiger partial charge in [-0.05, 0) is 44.1 Å². The first-order valence-electron chi connectivity index (χ1n) is 7.07. The first kappa shape index (κ1) is 12.0. The Balaban J connectivity index is 1.79. The minimum atomic E-state index is 0.858. The third kappa shape index (κ3) is 3.83. The summed E-state index contributed by atoms with van der Waals surface area (Å²) in [7, 11) is 0. The average Bonchev–Trinajstić information content (AvgIpc) is 3.11. The maximum atomic E-state index is 5.40. The molecule has 16 heavy (non-hydrogen) atoms. The van der Waals surface area contributed by atoms with Gasteiger partial charge in [-0.1, -0.05) is 25.7 Å². The highest BCUT2D eigenvalue weighted by Gasteiger charge is 2.26. The summed E-state index contributed by atoms with van der Waals surface area (Å²) < 4.78 is 0. The summed E-state index contributed by atoms with van der Waals surface area (Å²) >= 11 is 0. The minimum Gasteiger partial charge on any atom is -0.314 e. The van der Waals surface area contributed by atoms with Crippen molar-refractivity contribution in [3.8, 4) is 12.3 Å². The summed E-state index contributed by atoms with van der Waals surface area (Å²) in [6, 6.07) is 0.858. The van der Waals surface area contributed by atoms with E-state index in [1.807, 2.05) is 0 Å². The van der Waals surface area contributed by atoms with Gasteiger partial charge in [0.1, 0.15) is 0 Å². The summed E-state index contributed by atoms with van der Waals surface area (Å²) in [4.78, 5) is 0. The lowest BCUT2D eigenvalue weighted by atomic mass is 9.84. The second kappa shape index (κ2) is 6.30. The van der Waals surface area contributed by atoms with Crippen LogP contribution in [0.2, 0.25) is 0 Å². The Bertz CT molecular complexity index is 236. The van der Waals surface area contributed by atoms with E-state index in [2.05, 4.69) is 11.2 Å². The summed E-state index contributed by atoms with van der Waals surface area (Å²) in [5, 5.41) is 3.71. The van der Waals surface area contributed by atoms with Gasteiger partial charge in [0.15, 0.2) is 0 Å². The lowest BCUT2D eigenvalue weighted by Crippen LogP contribution is -2.29. The van der Waals surface area contributed by atoms with Crippen LogP contribution in [-0.4, -0.2) is 12.6 Å². The van der Waals surface area contributed by atoms with Crippen molar-refractivity contribution in [3.05, 3.63) is 0 Å². The molecular formula is C15H25N. The van der Waals surface area contributed by atoms with E-state index in [9.17, 15) is 0 Å². The molecule has 2 fully saturated rings. The molecule has 2 aliphatic rings. The number of hydrogen-bond donors (Lipinski definition) is 1. The Hall–Kier alpha value is -0.480. The van der Waals surface area contributed by atoms with Crippen LogP contribution in [0.4, 0.5) is 0 Å². The van der Waals surface area contributed by atoms with Crippen LogP contribution in [0.15, 0.2) is 0 Å². The Morgan fingerprint density at radius 3 is 2.44 bits per heavy atom. The van der Waals surface area contributed by atoms with Gasteiger partial charge in [0, 0.05) is 12.5 Å². The van der Waals surface area contributed by atoms with Gasteiger partial charge in [-0.25, -0.2) is 0 Å². The maximum Gasteiger partial charge on any atom is 0.00888 e. The minimum absolute atomic E-state index is 0.858. The molecule has 2 aliphatic carbocycles. The zero-order chi connectivity index (χ0) is 11.2. The number of terminal acetylenes is 1. The molecular weight excluding hydrogens is 194 g/mol. The molecule has 0 radical (unpaired) electrons. The van der Waals surface area contributed by atoms with Crippen LogP contribution in [0.1, 0.15) is 57.8 Å². The largest absolute Gasteiger partial charge is 0.314 e. The van der Waals surface area contributed by atoms with E-state index in [1.54, 1.807) is 0 Å². The summed E-state index contributed by atoms with van der Waals surface area (Å²) in [5.74, 6) is 4.61. The lowest BCUT2D eigenvalue weighted by molar-refractivity contribution is 0.285. The molecule has 0 spiro atoms. The van der Waals surface area contributed by atoms with Gasteiger partial charge in [0.05, 0.1) is 0 Å². The Morgan fingerprint density at radius 1 is 1.00 bits per heavy atom. The molecule has 0 amide bonds. The van der Waals surface area contributed by atoms with Gasteiger partial charge in [-0.15, -0.1) is 12.3 Å². The molecule has 0 saturated heterocycles. The number of rotatable bonds is 5. The molecule has 1 N–H and O–H groups in total. The van der Waals surface area contributed by atoms with Crippen LogP contribution in [0.3, 0.4) is 0 Å². The lowest BCUT2D eigenvalue weighted by Gasteiger charge is -2.25. The summed E-state index contributed by atoms with van der Waals surface area (Å²) in [5.41, 5.74) is 0. The maximum absolute atomic E-state index is 5.40. The molecule has 1 nitrogen and oxygen atoms in total. The monoisotopic (exact) mass is 219 g/mol. The first-order chi connectivity index (χ1) is 7.90. The van der Waals surface area contributed by atoms with Crippen LogP contribution < -0.4 is 5.32 Å². The van der Waals surface area contributed by atoms with Gasteiger partial charge >= 0.3 is 0 Å². The number of nitrogens with one attached hydrogen (secondary N) is 1. The molecule has 0 aromatic carbocycles. The van der Waals surface area contributed by atoms with Gasteiger partial charge in [0.25, 0.3) is 0 Å². The highest BCUT2D eigenvalue weighted by Crippen LogP contribution is 2.32. The standard InChI is InChI=1S/C15H25N/c1-2-3-7-13-8-5-4-6-9-14(13)12-16-15-10-11-15/h1,13-16H,3-12H2. The fourth-order valence-electron chi connectivity index (χ4n) is 2.98. The van der Waals surface area contributed by atoms with Crippen LogP contribution in [0.25, 0.3) is 0 Å². The van der Waals surface area contributed by atoms with Crippen LogP contribution in [-0.2, 0) is 0 Å². The van der Waals surface area contributed by atoms with E-state index in [0.717, 1.165) is 24.3 Å². The second-order valence-corrected chi connectivity index (χ2v) is 5.58. The second-order valence-electron chi connectivity index (χ2n) is 5.58. The molecule has 2 rings (SSSR count). The van der Waals surface area contributed by atoms with Gasteiger partial charge in [-0.2, -0.15) is 0 Å². The SMILES string of the molecule is C#CCCC1CCCCCC1CNC1CC1. The van der Waals surface area contributed by atoms with Crippen molar-refractivity contribution in [3.63, 3.8) is 0 Å². The highest BCUT2D eigenvalue weighted by atomic mass is 14.9. The highest BCUT2D eigenvalue weighted by molar-refractivity contribution is 4.88. The molecule has 0 aromatic heterocycles. The smallest absolute Gasteiger partial charge is 0.00888 e. The fourth-order valence-corrected chi connectivity index (χ4v) is 2.98. The van der Waals surface area contributed by atoms with Gasteiger partial charge in [-0.3, -0.25) is 0 Å².